The summed E-state index contributed by atoms with van der Waals surface area (Å²) < 4.78 is 0.810. The second-order valence-electron chi connectivity index (χ2n) is 3.01. The average Bonchev–Trinajstić information content (AvgIpc) is 2.14. The minimum absolute atomic E-state index is 0.0406. The number of nitrogens with one attached hydrogen (secondary N) is 2. The van der Waals surface area contributed by atoms with Crippen LogP contribution in [0.1, 0.15) is 6.92 Å². The predicted octanol–water partition coefficient (Wildman–Crippen LogP) is 0.974. The molecular weight excluding hydrogens is 260 g/mol. The summed E-state index contributed by atoms with van der Waals surface area (Å²) in [5.74, 6) is 0.677. The van der Waals surface area contributed by atoms with Gasteiger partial charge in [0.25, 0.3) is 0 Å². The largest absolute Gasteiger partial charge is 0.397 e. The van der Waals surface area contributed by atoms with Crippen LogP contribution in [-0.2, 0) is 4.79 Å². The topological polar surface area (TPSA) is 80.0 Å². The van der Waals surface area contributed by atoms with Crippen LogP contribution in [0.5, 0.6) is 0 Å². The first-order chi connectivity index (χ1) is 7.09. The zero-order valence-electron chi connectivity index (χ0n) is 8.38. The van der Waals surface area contributed by atoms with E-state index in [0.29, 0.717) is 18.8 Å². The average molecular weight is 273 g/mol. The number of aromatic nitrogens is 1. The Bertz CT molecular complexity index is 356. The summed E-state index contributed by atoms with van der Waals surface area (Å²) in [5.41, 5.74) is 6.15. The number of carbonyl (C=O) groups is 1. The molecule has 1 aromatic rings. The lowest BCUT2D eigenvalue weighted by atomic mass is 10.4. The molecule has 0 aliphatic carbocycles. The van der Waals surface area contributed by atoms with Gasteiger partial charge in [-0.2, -0.15) is 0 Å². The minimum atomic E-state index is -0.0406. The molecule has 0 saturated carbocycles. The lowest BCUT2D eigenvalue weighted by Crippen LogP contribution is -2.26. The number of hydrogen-bond donors (Lipinski definition) is 3. The molecule has 82 valence electrons. The molecule has 1 heterocycles. The maximum absolute atomic E-state index is 10.6. The minimum Gasteiger partial charge on any atom is -0.397 e. The monoisotopic (exact) mass is 272 g/mol. The van der Waals surface area contributed by atoms with Crippen molar-refractivity contribution in [3.05, 3.63) is 16.7 Å². The highest BCUT2D eigenvalue weighted by Crippen LogP contribution is 2.21. The van der Waals surface area contributed by atoms with E-state index in [9.17, 15) is 4.79 Å². The van der Waals surface area contributed by atoms with Gasteiger partial charge in [-0.15, -0.1) is 0 Å². The van der Waals surface area contributed by atoms with E-state index in [2.05, 4.69) is 31.5 Å². The van der Waals surface area contributed by atoms with Gasteiger partial charge in [0.05, 0.1) is 16.4 Å². The molecular formula is C9H13BrN4O. The number of carbonyl (C=O) groups excluding carboxylic acids is 1. The standard InChI is InChI=1S/C9H13BrN4O/c1-6(15)12-2-3-13-9-8(10)4-7(11)5-14-9/h4-5H,2-3,11H2,1H3,(H,12,15)(H,13,14). The number of amides is 1. The zero-order valence-corrected chi connectivity index (χ0v) is 9.97. The van der Waals surface area contributed by atoms with Crippen molar-refractivity contribution < 1.29 is 4.79 Å². The van der Waals surface area contributed by atoms with Crippen LogP contribution in [0.2, 0.25) is 0 Å². The maximum atomic E-state index is 10.6. The molecule has 4 N–H and O–H groups in total. The molecule has 0 unspecified atom stereocenters. The third-order valence-corrected chi connectivity index (χ3v) is 2.26. The van der Waals surface area contributed by atoms with Gasteiger partial charge < -0.3 is 16.4 Å². The summed E-state index contributed by atoms with van der Waals surface area (Å²) in [6.07, 6.45) is 1.57. The summed E-state index contributed by atoms with van der Waals surface area (Å²) in [4.78, 5) is 14.7. The van der Waals surface area contributed by atoms with Crippen molar-refractivity contribution in [1.29, 1.82) is 0 Å². The van der Waals surface area contributed by atoms with Gasteiger partial charge in [0.15, 0.2) is 0 Å². The molecule has 0 atom stereocenters. The van der Waals surface area contributed by atoms with Gasteiger partial charge in [0.2, 0.25) is 5.91 Å². The normalized spacial score (nSPS) is 9.73. The van der Waals surface area contributed by atoms with Gasteiger partial charge in [-0.1, -0.05) is 0 Å². The van der Waals surface area contributed by atoms with Crippen LogP contribution in [0.25, 0.3) is 0 Å². The van der Waals surface area contributed by atoms with Crippen molar-refractivity contribution in [2.75, 3.05) is 24.1 Å². The van der Waals surface area contributed by atoms with Gasteiger partial charge >= 0.3 is 0 Å². The zero-order chi connectivity index (χ0) is 11.3. The fraction of sp³-hybridized carbons (Fsp3) is 0.333. The number of nitrogens with zero attached hydrogens (tertiary/aromatic N) is 1. The first-order valence-electron chi connectivity index (χ1n) is 4.49. The maximum Gasteiger partial charge on any atom is 0.216 e. The summed E-state index contributed by atoms with van der Waals surface area (Å²) in [7, 11) is 0. The van der Waals surface area contributed by atoms with Crippen molar-refractivity contribution in [1.82, 2.24) is 10.3 Å². The van der Waals surface area contributed by atoms with E-state index in [-0.39, 0.29) is 5.91 Å². The van der Waals surface area contributed by atoms with Crippen LogP contribution in [0.15, 0.2) is 16.7 Å². The van der Waals surface area contributed by atoms with Gasteiger partial charge in [0.1, 0.15) is 5.82 Å². The van der Waals surface area contributed by atoms with Crippen molar-refractivity contribution >= 4 is 33.3 Å². The summed E-state index contributed by atoms with van der Waals surface area (Å²) in [6, 6.07) is 1.77. The SMILES string of the molecule is CC(=O)NCCNc1ncc(N)cc1Br. The smallest absolute Gasteiger partial charge is 0.216 e. The molecule has 1 aromatic heterocycles. The molecule has 0 spiro atoms. The molecule has 0 aliphatic heterocycles. The van der Waals surface area contributed by atoms with Crippen LogP contribution < -0.4 is 16.4 Å². The van der Waals surface area contributed by atoms with Crippen LogP contribution in [0.3, 0.4) is 0 Å². The number of pyridine rings is 1. The van der Waals surface area contributed by atoms with Crippen LogP contribution in [0.4, 0.5) is 11.5 Å². The molecule has 0 fully saturated rings. The number of nitrogens with two attached hydrogens (primary N) is 1. The Hall–Kier alpha value is -1.30. The number of anilines is 2. The molecule has 0 aliphatic rings. The Morgan fingerprint density at radius 1 is 1.60 bits per heavy atom. The van der Waals surface area contributed by atoms with E-state index >= 15 is 0 Å². The summed E-state index contributed by atoms with van der Waals surface area (Å²) in [6.45, 7) is 2.67. The lowest BCUT2D eigenvalue weighted by Gasteiger charge is -2.07. The Morgan fingerprint density at radius 3 is 2.93 bits per heavy atom. The fourth-order valence-electron chi connectivity index (χ4n) is 1.00. The highest BCUT2D eigenvalue weighted by molar-refractivity contribution is 9.10. The third kappa shape index (κ3) is 4.16. The van der Waals surface area contributed by atoms with Gasteiger partial charge in [-0.3, -0.25) is 4.79 Å². The van der Waals surface area contributed by atoms with E-state index in [1.807, 2.05) is 0 Å². The Kier molecular flexibility index (Phi) is 4.36. The molecule has 0 aromatic carbocycles. The van der Waals surface area contributed by atoms with Crippen molar-refractivity contribution in [2.24, 2.45) is 0 Å². The van der Waals surface area contributed by atoms with Gasteiger partial charge in [-0.05, 0) is 22.0 Å². The summed E-state index contributed by atoms with van der Waals surface area (Å²) >= 11 is 3.34. The van der Waals surface area contributed by atoms with E-state index in [1.54, 1.807) is 12.3 Å². The second kappa shape index (κ2) is 5.55. The number of rotatable bonds is 4. The Morgan fingerprint density at radius 2 is 2.33 bits per heavy atom. The molecule has 0 bridgehead atoms. The molecule has 15 heavy (non-hydrogen) atoms. The van der Waals surface area contributed by atoms with E-state index in [0.717, 1.165) is 10.3 Å². The van der Waals surface area contributed by atoms with Crippen molar-refractivity contribution in [3.8, 4) is 0 Å². The molecule has 5 nitrogen and oxygen atoms in total. The first kappa shape index (κ1) is 11.8. The number of hydrogen-bond acceptors (Lipinski definition) is 4. The first-order valence-corrected chi connectivity index (χ1v) is 5.28. The Labute approximate surface area is 96.6 Å². The third-order valence-electron chi connectivity index (χ3n) is 1.65. The fourth-order valence-corrected chi connectivity index (χ4v) is 1.51. The van der Waals surface area contributed by atoms with Gasteiger partial charge in [0, 0.05) is 20.0 Å². The summed E-state index contributed by atoms with van der Waals surface area (Å²) in [5, 5.41) is 5.74. The van der Waals surface area contributed by atoms with E-state index < -0.39 is 0 Å². The molecule has 0 saturated heterocycles. The molecule has 1 rings (SSSR count). The number of nitrogen functional groups attached to an aromatic ring is 1. The van der Waals surface area contributed by atoms with Gasteiger partial charge in [-0.25, -0.2) is 4.98 Å². The van der Waals surface area contributed by atoms with Crippen LogP contribution in [0, 0.1) is 0 Å². The van der Waals surface area contributed by atoms with Crippen molar-refractivity contribution in [3.63, 3.8) is 0 Å². The Balaban J connectivity index is 2.40. The lowest BCUT2D eigenvalue weighted by molar-refractivity contribution is -0.118. The molecule has 6 heteroatoms. The quantitative estimate of drug-likeness (QED) is 0.714. The van der Waals surface area contributed by atoms with E-state index in [1.165, 1.54) is 6.92 Å². The highest BCUT2D eigenvalue weighted by Gasteiger charge is 2.00. The molecule has 1 amide bonds. The highest BCUT2D eigenvalue weighted by atomic mass is 79.9. The predicted molar refractivity (Wildman–Crippen MR) is 63.5 cm³/mol. The second-order valence-corrected chi connectivity index (χ2v) is 3.86. The van der Waals surface area contributed by atoms with Crippen molar-refractivity contribution in [2.45, 2.75) is 6.92 Å². The molecule has 0 radical (unpaired) electrons. The van der Waals surface area contributed by atoms with Crippen LogP contribution in [-0.4, -0.2) is 24.0 Å². The van der Waals surface area contributed by atoms with E-state index in [4.69, 9.17) is 5.73 Å². The van der Waals surface area contributed by atoms with Crippen LogP contribution >= 0.6 is 15.9 Å². The number of halogens is 1.